The van der Waals surface area contributed by atoms with Crippen molar-refractivity contribution in [1.82, 2.24) is 9.78 Å². The van der Waals surface area contributed by atoms with Crippen LogP contribution in [0, 0.1) is 6.92 Å². The molecule has 5 nitrogen and oxygen atoms in total. The van der Waals surface area contributed by atoms with Crippen LogP contribution in [0.5, 0.6) is 5.75 Å². The average molecular weight is 382 g/mol. The number of fused-ring (bicyclic) bond motifs is 1. The highest BCUT2D eigenvalue weighted by Crippen LogP contribution is 2.34. The first kappa shape index (κ1) is 17.6. The van der Waals surface area contributed by atoms with Crippen molar-refractivity contribution in [3.63, 3.8) is 0 Å². The van der Waals surface area contributed by atoms with Crippen LogP contribution in [0.25, 0.3) is 5.69 Å². The Hall–Kier alpha value is -2.79. The molecule has 1 aliphatic carbocycles. The molecule has 0 radical (unpaired) electrons. The first-order valence-electron chi connectivity index (χ1n) is 8.89. The van der Waals surface area contributed by atoms with E-state index in [4.69, 9.17) is 21.4 Å². The minimum Gasteiger partial charge on any atom is -0.497 e. The topological polar surface area (TPSA) is 56.1 Å². The number of halogens is 1. The standard InChI is InChI=1S/C21H20ClN3O2/c1-13-6-11-17(16(22)12-13)23-21-20-18(4-3-5-19(20)26)25(24-21)14-7-9-15(27-2)10-8-14/h6-12H,3-5H2,1-2H3,(H,23,24). The van der Waals surface area contributed by atoms with Gasteiger partial charge in [0.05, 0.1) is 34.8 Å². The summed E-state index contributed by atoms with van der Waals surface area (Å²) in [6, 6.07) is 13.4. The van der Waals surface area contributed by atoms with Gasteiger partial charge in [-0.1, -0.05) is 17.7 Å². The fourth-order valence-electron chi connectivity index (χ4n) is 3.39. The fraction of sp³-hybridized carbons (Fsp3) is 0.238. The van der Waals surface area contributed by atoms with Gasteiger partial charge in [-0.05, 0) is 61.7 Å². The maximum absolute atomic E-state index is 12.6. The van der Waals surface area contributed by atoms with Crippen molar-refractivity contribution in [1.29, 1.82) is 0 Å². The molecule has 4 rings (SSSR count). The summed E-state index contributed by atoms with van der Waals surface area (Å²) in [5.74, 6) is 1.44. The highest BCUT2D eigenvalue weighted by atomic mass is 35.5. The van der Waals surface area contributed by atoms with E-state index in [9.17, 15) is 4.79 Å². The van der Waals surface area contributed by atoms with Crippen LogP contribution >= 0.6 is 11.6 Å². The third-order valence-corrected chi connectivity index (χ3v) is 5.08. The number of ether oxygens (including phenoxy) is 1. The molecule has 3 aromatic rings. The van der Waals surface area contributed by atoms with Crippen LogP contribution < -0.4 is 10.1 Å². The van der Waals surface area contributed by atoms with Crippen LogP contribution in [0.15, 0.2) is 42.5 Å². The number of anilines is 2. The van der Waals surface area contributed by atoms with E-state index in [1.807, 2.05) is 54.1 Å². The molecule has 1 aromatic heterocycles. The lowest BCUT2D eigenvalue weighted by molar-refractivity contribution is 0.0973. The van der Waals surface area contributed by atoms with E-state index < -0.39 is 0 Å². The Balaban J connectivity index is 1.79. The van der Waals surface area contributed by atoms with E-state index in [0.717, 1.165) is 41.2 Å². The van der Waals surface area contributed by atoms with Gasteiger partial charge >= 0.3 is 0 Å². The number of nitrogens with one attached hydrogen (secondary N) is 1. The van der Waals surface area contributed by atoms with E-state index in [1.165, 1.54) is 0 Å². The van der Waals surface area contributed by atoms with E-state index in [2.05, 4.69) is 5.32 Å². The van der Waals surface area contributed by atoms with Crippen molar-refractivity contribution in [3.05, 3.63) is 64.3 Å². The van der Waals surface area contributed by atoms with Gasteiger partial charge in [-0.2, -0.15) is 0 Å². The van der Waals surface area contributed by atoms with Gasteiger partial charge in [0.1, 0.15) is 5.75 Å². The normalized spacial score (nSPS) is 13.4. The zero-order valence-electron chi connectivity index (χ0n) is 15.3. The SMILES string of the molecule is COc1ccc(-n2nc(Nc3ccc(C)cc3Cl)c3c2CCCC3=O)cc1. The van der Waals surface area contributed by atoms with Crippen LogP contribution in [0.4, 0.5) is 11.5 Å². The second kappa shape index (κ2) is 7.08. The number of carbonyl (C=O) groups is 1. The van der Waals surface area contributed by atoms with Gasteiger partial charge in [-0.25, -0.2) is 4.68 Å². The monoisotopic (exact) mass is 381 g/mol. The largest absolute Gasteiger partial charge is 0.497 e. The maximum Gasteiger partial charge on any atom is 0.168 e. The van der Waals surface area contributed by atoms with Gasteiger partial charge in [-0.3, -0.25) is 4.79 Å². The third kappa shape index (κ3) is 3.30. The Morgan fingerprint density at radius 3 is 2.63 bits per heavy atom. The molecule has 138 valence electrons. The molecule has 2 aromatic carbocycles. The zero-order chi connectivity index (χ0) is 19.0. The summed E-state index contributed by atoms with van der Waals surface area (Å²) in [5.41, 5.74) is 4.30. The predicted molar refractivity (Wildman–Crippen MR) is 107 cm³/mol. The molecule has 0 unspecified atom stereocenters. The van der Waals surface area contributed by atoms with Crippen LogP contribution in [-0.2, 0) is 6.42 Å². The van der Waals surface area contributed by atoms with Crippen molar-refractivity contribution in [2.24, 2.45) is 0 Å². The Labute approximate surface area is 162 Å². The molecule has 27 heavy (non-hydrogen) atoms. The lowest BCUT2D eigenvalue weighted by atomic mass is 9.95. The van der Waals surface area contributed by atoms with Gasteiger partial charge in [0, 0.05) is 6.42 Å². The lowest BCUT2D eigenvalue weighted by Crippen LogP contribution is -2.13. The van der Waals surface area contributed by atoms with E-state index in [1.54, 1.807) is 7.11 Å². The Morgan fingerprint density at radius 2 is 1.93 bits per heavy atom. The summed E-state index contributed by atoms with van der Waals surface area (Å²) in [5, 5.41) is 8.58. The first-order valence-corrected chi connectivity index (χ1v) is 9.27. The molecule has 0 atom stereocenters. The molecule has 1 heterocycles. The fourth-order valence-corrected chi connectivity index (χ4v) is 3.67. The van der Waals surface area contributed by atoms with E-state index in [0.29, 0.717) is 22.8 Å². The number of hydrogen-bond acceptors (Lipinski definition) is 4. The smallest absolute Gasteiger partial charge is 0.168 e. The number of aryl methyl sites for hydroxylation is 1. The van der Waals surface area contributed by atoms with Crippen molar-refractivity contribution >= 4 is 28.9 Å². The van der Waals surface area contributed by atoms with E-state index in [-0.39, 0.29) is 5.78 Å². The molecule has 0 amide bonds. The molecule has 1 aliphatic rings. The third-order valence-electron chi connectivity index (χ3n) is 4.77. The van der Waals surface area contributed by atoms with Crippen molar-refractivity contribution in [2.45, 2.75) is 26.2 Å². The number of rotatable bonds is 4. The minimum absolute atomic E-state index is 0.113. The molecular formula is C21H20ClN3O2. The molecule has 6 heteroatoms. The molecule has 0 aliphatic heterocycles. The summed E-state index contributed by atoms with van der Waals surface area (Å²) in [4.78, 5) is 12.6. The number of Topliss-reactive ketones (excluding diaryl/α,β-unsaturated/α-hetero) is 1. The van der Waals surface area contributed by atoms with Gasteiger partial charge < -0.3 is 10.1 Å². The highest BCUT2D eigenvalue weighted by molar-refractivity contribution is 6.33. The van der Waals surface area contributed by atoms with Gasteiger partial charge in [0.2, 0.25) is 0 Å². The van der Waals surface area contributed by atoms with Crippen molar-refractivity contribution in [2.75, 3.05) is 12.4 Å². The maximum atomic E-state index is 12.6. The van der Waals surface area contributed by atoms with E-state index >= 15 is 0 Å². The Kier molecular flexibility index (Phi) is 4.62. The lowest BCUT2D eigenvalue weighted by Gasteiger charge is -2.14. The van der Waals surface area contributed by atoms with Gasteiger partial charge in [0.15, 0.2) is 11.6 Å². The minimum atomic E-state index is 0.113. The molecule has 0 spiro atoms. The highest BCUT2D eigenvalue weighted by Gasteiger charge is 2.28. The van der Waals surface area contributed by atoms with Gasteiger partial charge in [0.25, 0.3) is 0 Å². The number of carbonyl (C=O) groups excluding carboxylic acids is 1. The molecule has 1 N–H and O–H groups in total. The second-order valence-corrected chi connectivity index (χ2v) is 7.07. The molecule has 0 saturated heterocycles. The average Bonchev–Trinajstić information content (AvgIpc) is 3.04. The number of ketones is 1. The number of methoxy groups -OCH3 is 1. The van der Waals surface area contributed by atoms with Crippen LogP contribution in [0.1, 0.15) is 34.5 Å². The second-order valence-electron chi connectivity index (χ2n) is 6.67. The van der Waals surface area contributed by atoms with Crippen molar-refractivity contribution < 1.29 is 9.53 Å². The summed E-state index contributed by atoms with van der Waals surface area (Å²) >= 11 is 6.36. The Bertz CT molecular complexity index is 1010. The van der Waals surface area contributed by atoms with Crippen LogP contribution in [0.3, 0.4) is 0 Å². The number of hydrogen-bond donors (Lipinski definition) is 1. The number of benzene rings is 2. The summed E-state index contributed by atoms with van der Waals surface area (Å²) in [7, 11) is 1.64. The number of aromatic nitrogens is 2. The summed E-state index contributed by atoms with van der Waals surface area (Å²) in [6.45, 7) is 1.99. The van der Waals surface area contributed by atoms with Crippen molar-refractivity contribution in [3.8, 4) is 11.4 Å². The van der Waals surface area contributed by atoms with Crippen LogP contribution in [-0.4, -0.2) is 22.7 Å². The zero-order valence-corrected chi connectivity index (χ0v) is 16.0. The summed E-state index contributed by atoms with van der Waals surface area (Å²) < 4.78 is 7.07. The predicted octanol–water partition coefficient (Wildman–Crippen LogP) is 5.11. The van der Waals surface area contributed by atoms with Gasteiger partial charge in [-0.15, -0.1) is 5.10 Å². The Morgan fingerprint density at radius 1 is 1.15 bits per heavy atom. The molecule has 0 saturated carbocycles. The summed E-state index contributed by atoms with van der Waals surface area (Å²) in [6.07, 6.45) is 2.18. The first-order chi connectivity index (χ1) is 13.1. The van der Waals surface area contributed by atoms with Crippen LogP contribution in [0.2, 0.25) is 5.02 Å². The number of nitrogens with zero attached hydrogens (tertiary/aromatic N) is 2. The molecule has 0 bridgehead atoms. The molecular weight excluding hydrogens is 362 g/mol. The molecule has 0 fully saturated rings. The quantitative estimate of drug-likeness (QED) is 0.682.